The minimum Gasteiger partial charge on any atom is -0.497 e. The van der Waals surface area contributed by atoms with Crippen molar-refractivity contribution in [1.29, 1.82) is 5.26 Å². The third-order valence-electron chi connectivity index (χ3n) is 4.44. The molecule has 2 heterocycles. The van der Waals surface area contributed by atoms with E-state index in [0.29, 0.717) is 53.8 Å². The van der Waals surface area contributed by atoms with Gasteiger partial charge in [0.05, 0.1) is 23.6 Å². The molecule has 136 valence electrons. The normalized spacial score (nSPS) is 15.5. The fourth-order valence-corrected chi connectivity index (χ4v) is 4.62. The average molecular weight is 372 g/mol. The molecule has 8 heteroatoms. The Morgan fingerprint density at radius 2 is 1.88 bits per heavy atom. The van der Waals surface area contributed by atoms with Crippen LogP contribution >= 0.6 is 0 Å². The van der Waals surface area contributed by atoms with Gasteiger partial charge >= 0.3 is 0 Å². The molecule has 0 unspecified atom stereocenters. The number of benzene rings is 1. The van der Waals surface area contributed by atoms with Crippen LogP contribution in [0.4, 0.5) is 5.82 Å². The summed E-state index contributed by atoms with van der Waals surface area (Å²) in [6.07, 6.45) is 1.59. The van der Waals surface area contributed by atoms with Gasteiger partial charge in [0.15, 0.2) is 0 Å². The Labute approximate surface area is 153 Å². The van der Waals surface area contributed by atoms with Gasteiger partial charge in [-0.1, -0.05) is 0 Å². The van der Waals surface area contributed by atoms with Crippen LogP contribution in [0.15, 0.2) is 41.4 Å². The molecular formula is C18H20N4O3S. The smallest absolute Gasteiger partial charge is 0.243 e. The van der Waals surface area contributed by atoms with Crippen LogP contribution in [0, 0.1) is 18.3 Å². The quantitative estimate of drug-likeness (QED) is 0.813. The topological polar surface area (TPSA) is 86.5 Å². The summed E-state index contributed by atoms with van der Waals surface area (Å²) in [5.74, 6) is 1.33. The van der Waals surface area contributed by atoms with Gasteiger partial charge in [-0.05, 0) is 42.8 Å². The van der Waals surface area contributed by atoms with Gasteiger partial charge in [0, 0.05) is 32.4 Å². The molecule has 1 fully saturated rings. The molecule has 0 atom stereocenters. The van der Waals surface area contributed by atoms with Crippen molar-refractivity contribution in [1.82, 2.24) is 9.29 Å². The maximum Gasteiger partial charge on any atom is 0.243 e. The van der Waals surface area contributed by atoms with Gasteiger partial charge in [0.25, 0.3) is 0 Å². The first kappa shape index (κ1) is 18.2. The van der Waals surface area contributed by atoms with Crippen LogP contribution in [0.3, 0.4) is 0 Å². The van der Waals surface area contributed by atoms with Gasteiger partial charge in [-0.15, -0.1) is 0 Å². The number of ether oxygens (including phenoxy) is 1. The van der Waals surface area contributed by atoms with Crippen molar-refractivity contribution in [2.45, 2.75) is 11.8 Å². The summed E-state index contributed by atoms with van der Waals surface area (Å²) in [6.45, 7) is 3.55. The maximum atomic E-state index is 13.0. The number of nitrogens with zero attached hydrogens (tertiary/aromatic N) is 4. The second-order valence-electron chi connectivity index (χ2n) is 6.04. The SMILES string of the molecule is COc1ccc(S(=O)(=O)N2CCN(c3cc(C#N)ccn3)CC2)c(C)c1. The van der Waals surface area contributed by atoms with Crippen LogP contribution in [0.1, 0.15) is 11.1 Å². The lowest BCUT2D eigenvalue weighted by molar-refractivity contribution is 0.383. The Morgan fingerprint density at radius 3 is 2.50 bits per heavy atom. The summed E-state index contributed by atoms with van der Waals surface area (Å²) >= 11 is 0. The molecule has 2 aromatic rings. The summed E-state index contributed by atoms with van der Waals surface area (Å²) in [7, 11) is -2.00. The molecule has 0 radical (unpaired) electrons. The molecule has 0 saturated carbocycles. The first-order valence-electron chi connectivity index (χ1n) is 8.21. The van der Waals surface area contributed by atoms with Crippen LogP contribution in [0.5, 0.6) is 5.75 Å². The van der Waals surface area contributed by atoms with E-state index in [9.17, 15) is 8.42 Å². The van der Waals surface area contributed by atoms with Crippen molar-refractivity contribution in [2.75, 3.05) is 38.2 Å². The highest BCUT2D eigenvalue weighted by Gasteiger charge is 2.30. The van der Waals surface area contributed by atoms with Crippen molar-refractivity contribution < 1.29 is 13.2 Å². The summed E-state index contributed by atoms with van der Waals surface area (Å²) in [6, 6.07) is 10.4. The van der Waals surface area contributed by atoms with Crippen molar-refractivity contribution in [3.63, 3.8) is 0 Å². The molecule has 1 aromatic heterocycles. The number of anilines is 1. The van der Waals surface area contributed by atoms with Crippen molar-refractivity contribution in [3.05, 3.63) is 47.7 Å². The van der Waals surface area contributed by atoms with Crippen LogP contribution in [0.2, 0.25) is 0 Å². The predicted octanol–water partition coefficient (Wildman–Crippen LogP) is 1.78. The second-order valence-corrected chi connectivity index (χ2v) is 7.94. The lowest BCUT2D eigenvalue weighted by Crippen LogP contribution is -2.49. The number of rotatable bonds is 4. The Morgan fingerprint density at radius 1 is 1.15 bits per heavy atom. The van der Waals surface area contributed by atoms with Crippen LogP contribution < -0.4 is 9.64 Å². The molecule has 0 spiro atoms. The number of pyridine rings is 1. The zero-order valence-electron chi connectivity index (χ0n) is 14.7. The molecule has 0 amide bonds. The maximum absolute atomic E-state index is 13.0. The first-order valence-corrected chi connectivity index (χ1v) is 9.65. The number of sulfonamides is 1. The van der Waals surface area contributed by atoms with Gasteiger partial charge < -0.3 is 9.64 Å². The van der Waals surface area contributed by atoms with Crippen molar-refractivity contribution in [2.24, 2.45) is 0 Å². The molecule has 26 heavy (non-hydrogen) atoms. The highest BCUT2D eigenvalue weighted by Crippen LogP contribution is 2.25. The second kappa shape index (κ2) is 7.32. The van der Waals surface area contributed by atoms with Gasteiger partial charge in [-0.3, -0.25) is 0 Å². The zero-order chi connectivity index (χ0) is 18.7. The molecule has 1 aliphatic heterocycles. The summed E-state index contributed by atoms with van der Waals surface area (Å²) in [4.78, 5) is 6.58. The van der Waals surface area contributed by atoms with E-state index < -0.39 is 10.0 Å². The third kappa shape index (κ3) is 3.49. The highest BCUT2D eigenvalue weighted by molar-refractivity contribution is 7.89. The first-order chi connectivity index (χ1) is 12.5. The van der Waals surface area contributed by atoms with E-state index in [2.05, 4.69) is 11.1 Å². The number of aryl methyl sites for hydroxylation is 1. The van der Waals surface area contributed by atoms with Crippen molar-refractivity contribution in [3.8, 4) is 11.8 Å². The summed E-state index contributed by atoms with van der Waals surface area (Å²) in [5, 5.41) is 9.01. The number of methoxy groups -OCH3 is 1. The molecule has 0 N–H and O–H groups in total. The lowest BCUT2D eigenvalue weighted by atomic mass is 10.2. The molecule has 0 bridgehead atoms. The average Bonchev–Trinajstić information content (AvgIpc) is 2.67. The van der Waals surface area contributed by atoms with E-state index in [1.54, 1.807) is 50.6 Å². The van der Waals surface area contributed by atoms with Gasteiger partial charge in [-0.25, -0.2) is 13.4 Å². The number of aromatic nitrogens is 1. The minimum atomic E-state index is -3.56. The summed E-state index contributed by atoms with van der Waals surface area (Å²) in [5.41, 5.74) is 1.20. The van der Waals surface area contributed by atoms with E-state index in [0.717, 1.165) is 0 Å². The van der Waals surface area contributed by atoms with Crippen LogP contribution in [-0.4, -0.2) is 51.0 Å². The number of hydrogen-bond donors (Lipinski definition) is 0. The van der Waals surface area contributed by atoms with Gasteiger partial charge in [0.2, 0.25) is 10.0 Å². The fourth-order valence-electron chi connectivity index (χ4n) is 3.00. The standard InChI is InChI=1S/C18H20N4O3S/c1-14-11-16(25-2)3-4-17(14)26(23,24)22-9-7-21(8-10-22)18-12-15(13-19)5-6-20-18/h3-6,11-12H,7-10H2,1-2H3. The molecule has 3 rings (SSSR count). The van der Waals surface area contributed by atoms with E-state index in [1.807, 2.05) is 4.90 Å². The monoisotopic (exact) mass is 372 g/mol. The number of nitriles is 1. The van der Waals surface area contributed by atoms with E-state index in [4.69, 9.17) is 10.00 Å². The van der Waals surface area contributed by atoms with Gasteiger partial charge in [0.1, 0.15) is 11.6 Å². The lowest BCUT2D eigenvalue weighted by Gasteiger charge is -2.35. The molecular weight excluding hydrogens is 352 g/mol. The fraction of sp³-hybridized carbons (Fsp3) is 0.333. The third-order valence-corrected chi connectivity index (χ3v) is 6.50. The Kier molecular flexibility index (Phi) is 5.11. The molecule has 7 nitrogen and oxygen atoms in total. The zero-order valence-corrected chi connectivity index (χ0v) is 15.5. The van der Waals surface area contributed by atoms with E-state index in [1.165, 1.54) is 4.31 Å². The molecule has 1 aromatic carbocycles. The largest absolute Gasteiger partial charge is 0.497 e. The van der Waals surface area contributed by atoms with Crippen LogP contribution in [0.25, 0.3) is 0 Å². The van der Waals surface area contributed by atoms with Crippen molar-refractivity contribution >= 4 is 15.8 Å². The Bertz CT molecular complexity index is 945. The molecule has 0 aliphatic carbocycles. The summed E-state index contributed by atoms with van der Waals surface area (Å²) < 4.78 is 32.6. The number of hydrogen-bond acceptors (Lipinski definition) is 6. The highest BCUT2D eigenvalue weighted by atomic mass is 32.2. The Hall–Kier alpha value is -2.63. The molecule has 1 saturated heterocycles. The van der Waals surface area contributed by atoms with E-state index in [-0.39, 0.29) is 0 Å². The molecule has 1 aliphatic rings. The van der Waals surface area contributed by atoms with Crippen LogP contribution in [-0.2, 0) is 10.0 Å². The Balaban J connectivity index is 1.75. The van der Waals surface area contributed by atoms with E-state index >= 15 is 0 Å². The predicted molar refractivity (Wildman–Crippen MR) is 97.7 cm³/mol. The number of piperazine rings is 1. The van der Waals surface area contributed by atoms with Gasteiger partial charge in [-0.2, -0.15) is 9.57 Å². The minimum absolute atomic E-state index is 0.302.